The van der Waals surface area contributed by atoms with Gasteiger partial charge in [-0.15, -0.1) is 11.3 Å². The van der Waals surface area contributed by atoms with Crippen LogP contribution < -0.4 is 0 Å². The SMILES string of the molecule is O=C(CC(CC(=O)c1ccccn1)c1cccs1)c1ccccn1. The first-order valence-electron chi connectivity index (χ1n) is 7.66. The maximum atomic E-state index is 12.5. The summed E-state index contributed by atoms with van der Waals surface area (Å²) in [4.78, 5) is 34.2. The number of ketones is 2. The molecule has 3 rings (SSSR count). The number of hydrogen-bond acceptors (Lipinski definition) is 5. The maximum Gasteiger partial charge on any atom is 0.181 e. The van der Waals surface area contributed by atoms with Gasteiger partial charge in [0.25, 0.3) is 0 Å². The summed E-state index contributed by atoms with van der Waals surface area (Å²) < 4.78 is 0. The summed E-state index contributed by atoms with van der Waals surface area (Å²) in [7, 11) is 0. The van der Waals surface area contributed by atoms with Crippen LogP contribution in [0.1, 0.15) is 44.6 Å². The van der Waals surface area contributed by atoms with Gasteiger partial charge in [-0.25, -0.2) is 0 Å². The summed E-state index contributed by atoms with van der Waals surface area (Å²) in [6.07, 6.45) is 3.73. The van der Waals surface area contributed by atoms with Gasteiger partial charge in [0.2, 0.25) is 0 Å². The lowest BCUT2D eigenvalue weighted by atomic mass is 9.92. The van der Waals surface area contributed by atoms with Gasteiger partial charge in [0.15, 0.2) is 11.6 Å². The molecular weight excluding hydrogens is 320 g/mol. The second kappa shape index (κ2) is 7.75. The van der Waals surface area contributed by atoms with Crippen LogP contribution in [0, 0.1) is 0 Å². The van der Waals surface area contributed by atoms with Crippen molar-refractivity contribution >= 4 is 22.9 Å². The molecule has 3 aromatic rings. The highest BCUT2D eigenvalue weighted by Gasteiger charge is 2.22. The Labute approximate surface area is 144 Å². The summed E-state index contributed by atoms with van der Waals surface area (Å²) >= 11 is 1.56. The molecule has 4 nitrogen and oxygen atoms in total. The first-order valence-corrected chi connectivity index (χ1v) is 8.54. The van der Waals surface area contributed by atoms with E-state index < -0.39 is 0 Å². The Bertz CT molecular complexity index is 748. The van der Waals surface area contributed by atoms with Gasteiger partial charge < -0.3 is 0 Å². The molecule has 0 atom stereocenters. The monoisotopic (exact) mass is 336 g/mol. The second-order valence-electron chi connectivity index (χ2n) is 5.40. The number of nitrogens with zero attached hydrogens (tertiary/aromatic N) is 2. The summed E-state index contributed by atoms with van der Waals surface area (Å²) in [5.41, 5.74) is 0.869. The van der Waals surface area contributed by atoms with E-state index in [2.05, 4.69) is 9.97 Å². The molecule has 0 spiro atoms. The Morgan fingerprint density at radius 2 is 1.42 bits per heavy atom. The first kappa shape index (κ1) is 16.2. The molecule has 3 heterocycles. The van der Waals surface area contributed by atoms with Crippen molar-refractivity contribution in [2.45, 2.75) is 18.8 Å². The molecule has 0 aliphatic carbocycles. The molecule has 0 saturated carbocycles. The molecule has 0 N–H and O–H groups in total. The Balaban J connectivity index is 1.77. The summed E-state index contributed by atoms with van der Waals surface area (Å²) in [6, 6.07) is 14.4. The zero-order valence-electron chi connectivity index (χ0n) is 13.0. The maximum absolute atomic E-state index is 12.5. The lowest BCUT2D eigenvalue weighted by Crippen LogP contribution is -2.13. The molecule has 3 aromatic heterocycles. The van der Waals surface area contributed by atoms with E-state index in [0.29, 0.717) is 11.4 Å². The zero-order chi connectivity index (χ0) is 16.8. The fourth-order valence-electron chi connectivity index (χ4n) is 2.51. The van der Waals surface area contributed by atoms with Crippen LogP contribution in [0.15, 0.2) is 66.3 Å². The minimum atomic E-state index is -0.158. The van der Waals surface area contributed by atoms with Gasteiger partial charge in [0.05, 0.1) is 0 Å². The predicted molar refractivity (Wildman–Crippen MR) is 93.4 cm³/mol. The average Bonchev–Trinajstić information content (AvgIpc) is 3.17. The molecule has 5 heteroatoms. The third-order valence-corrected chi connectivity index (χ3v) is 4.75. The molecule has 0 aliphatic heterocycles. The van der Waals surface area contributed by atoms with Crippen molar-refractivity contribution in [3.63, 3.8) is 0 Å². The molecule has 0 saturated heterocycles. The highest BCUT2D eigenvalue weighted by Crippen LogP contribution is 2.30. The van der Waals surface area contributed by atoms with Crippen molar-refractivity contribution in [3.05, 3.63) is 82.6 Å². The number of Topliss-reactive ketones (excluding diaryl/α,β-unsaturated/α-hetero) is 2. The molecule has 0 fully saturated rings. The van der Waals surface area contributed by atoms with Gasteiger partial charge in [-0.1, -0.05) is 18.2 Å². The third kappa shape index (κ3) is 4.00. The van der Waals surface area contributed by atoms with E-state index in [0.717, 1.165) is 4.88 Å². The molecule has 120 valence electrons. The summed E-state index contributed by atoms with van der Waals surface area (Å²) in [6.45, 7) is 0. The Morgan fingerprint density at radius 1 is 0.833 bits per heavy atom. The fourth-order valence-corrected chi connectivity index (χ4v) is 3.34. The minimum absolute atomic E-state index is 0.0529. The summed E-state index contributed by atoms with van der Waals surface area (Å²) in [5, 5.41) is 1.96. The van der Waals surface area contributed by atoms with Gasteiger partial charge in [0.1, 0.15) is 11.4 Å². The molecule has 0 radical (unpaired) electrons. The average molecular weight is 336 g/mol. The number of aromatic nitrogens is 2. The van der Waals surface area contributed by atoms with Gasteiger partial charge in [-0.2, -0.15) is 0 Å². The number of carbonyl (C=O) groups is 2. The van der Waals surface area contributed by atoms with Gasteiger partial charge >= 0.3 is 0 Å². The van der Waals surface area contributed by atoms with Crippen LogP contribution in [0.3, 0.4) is 0 Å². The molecular formula is C19H16N2O2S. The number of thiophene rings is 1. The first-order chi connectivity index (χ1) is 11.7. The quantitative estimate of drug-likeness (QED) is 0.608. The van der Waals surface area contributed by atoms with Crippen molar-refractivity contribution in [3.8, 4) is 0 Å². The van der Waals surface area contributed by atoms with Crippen LogP contribution in [0.2, 0.25) is 0 Å². The molecule has 24 heavy (non-hydrogen) atoms. The van der Waals surface area contributed by atoms with E-state index in [1.807, 2.05) is 17.5 Å². The Kier molecular flexibility index (Phi) is 5.23. The summed E-state index contributed by atoms with van der Waals surface area (Å²) in [5.74, 6) is -0.264. The van der Waals surface area contributed by atoms with Crippen LogP contribution in [0.4, 0.5) is 0 Å². The van der Waals surface area contributed by atoms with Crippen LogP contribution >= 0.6 is 11.3 Å². The van der Waals surface area contributed by atoms with Gasteiger partial charge in [0, 0.05) is 36.0 Å². The van der Waals surface area contributed by atoms with Gasteiger partial charge in [-0.3, -0.25) is 19.6 Å². The van der Waals surface area contributed by atoms with E-state index in [1.165, 1.54) is 0 Å². The largest absolute Gasteiger partial charge is 0.292 e. The zero-order valence-corrected chi connectivity index (χ0v) is 13.8. The van der Waals surface area contributed by atoms with E-state index in [1.54, 1.807) is 60.1 Å². The van der Waals surface area contributed by atoms with E-state index in [4.69, 9.17) is 0 Å². The van der Waals surface area contributed by atoms with E-state index >= 15 is 0 Å². The standard InChI is InChI=1S/C19H16N2O2S/c22-17(15-6-1-3-9-20-15)12-14(19-8-5-11-24-19)13-18(23)16-7-2-4-10-21-16/h1-11,14H,12-13H2. The van der Waals surface area contributed by atoms with Crippen LogP contribution in [-0.2, 0) is 0 Å². The smallest absolute Gasteiger partial charge is 0.181 e. The number of rotatable bonds is 7. The Hall–Kier alpha value is -2.66. The molecule has 0 unspecified atom stereocenters. The van der Waals surface area contributed by atoms with Crippen molar-refractivity contribution in [2.24, 2.45) is 0 Å². The predicted octanol–water partition coefficient (Wildman–Crippen LogP) is 4.17. The van der Waals surface area contributed by atoms with Crippen LogP contribution in [-0.4, -0.2) is 21.5 Å². The van der Waals surface area contributed by atoms with E-state index in [9.17, 15) is 9.59 Å². The van der Waals surface area contributed by atoms with Crippen molar-refractivity contribution < 1.29 is 9.59 Å². The third-order valence-electron chi connectivity index (χ3n) is 3.71. The Morgan fingerprint density at radius 3 is 1.83 bits per heavy atom. The van der Waals surface area contributed by atoms with Crippen molar-refractivity contribution in [2.75, 3.05) is 0 Å². The van der Waals surface area contributed by atoms with Crippen molar-refractivity contribution in [1.82, 2.24) is 9.97 Å². The number of pyridine rings is 2. The van der Waals surface area contributed by atoms with Crippen LogP contribution in [0.25, 0.3) is 0 Å². The molecule has 0 amide bonds. The number of hydrogen-bond donors (Lipinski definition) is 0. The second-order valence-corrected chi connectivity index (χ2v) is 6.38. The number of carbonyl (C=O) groups excluding carboxylic acids is 2. The molecule has 0 bridgehead atoms. The lowest BCUT2D eigenvalue weighted by Gasteiger charge is -2.13. The highest BCUT2D eigenvalue weighted by atomic mass is 32.1. The molecule has 0 aromatic carbocycles. The van der Waals surface area contributed by atoms with Crippen molar-refractivity contribution in [1.29, 1.82) is 0 Å². The topological polar surface area (TPSA) is 59.9 Å². The van der Waals surface area contributed by atoms with Crippen LogP contribution in [0.5, 0.6) is 0 Å². The highest BCUT2D eigenvalue weighted by molar-refractivity contribution is 7.10. The van der Waals surface area contributed by atoms with E-state index in [-0.39, 0.29) is 30.3 Å². The normalized spacial score (nSPS) is 10.7. The fraction of sp³-hybridized carbons (Fsp3) is 0.158. The lowest BCUT2D eigenvalue weighted by molar-refractivity contribution is 0.0940. The minimum Gasteiger partial charge on any atom is -0.292 e. The molecule has 0 aliphatic rings. The van der Waals surface area contributed by atoms with Gasteiger partial charge in [-0.05, 0) is 35.7 Å².